The number of esters is 1. The molecule has 1 amide bonds. The van der Waals surface area contributed by atoms with E-state index in [1.54, 1.807) is 16.7 Å². The molecule has 0 radical (unpaired) electrons. The summed E-state index contributed by atoms with van der Waals surface area (Å²) in [6.07, 6.45) is 5.70. The summed E-state index contributed by atoms with van der Waals surface area (Å²) in [4.78, 5) is 57.7. The van der Waals surface area contributed by atoms with Crippen molar-refractivity contribution in [3.63, 3.8) is 0 Å². The molecule has 3 aromatic rings. The summed E-state index contributed by atoms with van der Waals surface area (Å²) in [7, 11) is 1.20. The van der Waals surface area contributed by atoms with Crippen LogP contribution in [0.2, 0.25) is 0 Å². The van der Waals surface area contributed by atoms with Gasteiger partial charge in [0.05, 0.1) is 24.1 Å². The topological polar surface area (TPSA) is 137 Å². The normalized spacial score (nSPS) is 17.2. The fourth-order valence-corrected chi connectivity index (χ4v) is 5.27. The highest BCUT2D eigenvalue weighted by atomic mass is 16.5. The number of benzene rings is 1. The molecule has 1 aliphatic heterocycles. The third kappa shape index (κ3) is 4.39. The summed E-state index contributed by atoms with van der Waals surface area (Å²) in [6, 6.07) is 12.1. The molecule has 10 nitrogen and oxygen atoms in total. The monoisotopic (exact) mass is 525 g/mol. The van der Waals surface area contributed by atoms with Crippen molar-refractivity contribution in [1.29, 1.82) is 0 Å². The van der Waals surface area contributed by atoms with Crippen molar-refractivity contribution in [3.05, 3.63) is 112 Å². The van der Waals surface area contributed by atoms with Crippen LogP contribution in [0, 0.1) is 0 Å². The lowest BCUT2D eigenvalue weighted by Gasteiger charge is -2.40. The van der Waals surface area contributed by atoms with Crippen LogP contribution in [0.3, 0.4) is 0 Å². The number of carbonyl (C=O) groups is 3. The van der Waals surface area contributed by atoms with Gasteiger partial charge in [0.2, 0.25) is 0 Å². The van der Waals surface area contributed by atoms with Crippen LogP contribution in [0.25, 0.3) is 10.9 Å². The molecule has 0 saturated carbocycles. The second-order valence-electron chi connectivity index (χ2n) is 9.24. The Morgan fingerprint density at radius 3 is 2.64 bits per heavy atom. The highest BCUT2D eigenvalue weighted by Crippen LogP contribution is 2.44. The minimum Gasteiger partial charge on any atom is -0.466 e. The Hall–Kier alpha value is -4.99. The number of pyridine rings is 2. The number of aromatic nitrogens is 2. The second kappa shape index (κ2) is 10.4. The van der Waals surface area contributed by atoms with Crippen LogP contribution in [0.5, 0.6) is 0 Å². The lowest BCUT2D eigenvalue weighted by molar-refractivity contribution is -0.136. The van der Waals surface area contributed by atoms with Gasteiger partial charge in [-0.3, -0.25) is 24.8 Å². The molecule has 39 heavy (non-hydrogen) atoms. The van der Waals surface area contributed by atoms with Gasteiger partial charge in [-0.2, -0.15) is 0 Å². The van der Waals surface area contributed by atoms with Crippen molar-refractivity contribution in [2.75, 3.05) is 7.11 Å². The average Bonchev–Trinajstić information content (AvgIpc) is 2.95. The Kier molecular flexibility index (Phi) is 6.84. The average molecular weight is 526 g/mol. The Morgan fingerprint density at radius 2 is 1.92 bits per heavy atom. The van der Waals surface area contributed by atoms with Crippen molar-refractivity contribution < 1.29 is 19.1 Å². The molecule has 3 N–H and O–H groups in total. The lowest BCUT2D eigenvalue weighted by Crippen LogP contribution is -2.49. The number of nitrogens with one attached hydrogen (secondary N) is 1. The Balaban J connectivity index is 1.76. The molecular weight excluding hydrogens is 498 g/mol. The van der Waals surface area contributed by atoms with Gasteiger partial charge in [-0.25, -0.2) is 9.80 Å². The molecule has 0 fully saturated rings. The number of nitrogens with two attached hydrogens (primary N) is 1. The van der Waals surface area contributed by atoms with Gasteiger partial charge >= 0.3 is 5.97 Å². The number of Topliss-reactive ketones (excluding diaryl/α,β-unsaturated/α-hetero) is 1. The van der Waals surface area contributed by atoms with Crippen LogP contribution in [-0.4, -0.2) is 39.3 Å². The van der Waals surface area contributed by atoms with E-state index in [0.717, 1.165) is 5.39 Å². The van der Waals surface area contributed by atoms with E-state index in [4.69, 9.17) is 10.5 Å². The number of fused-ring (bicyclic) bond motifs is 1. The van der Waals surface area contributed by atoms with E-state index in [0.29, 0.717) is 29.6 Å². The fourth-order valence-electron chi connectivity index (χ4n) is 5.27. The molecule has 0 saturated heterocycles. The number of allylic oxidation sites excluding steroid dienone is 3. The van der Waals surface area contributed by atoms with Crippen molar-refractivity contribution in [1.82, 2.24) is 20.0 Å². The molecule has 2 aromatic heterocycles. The van der Waals surface area contributed by atoms with E-state index in [-0.39, 0.29) is 46.8 Å². The molecule has 0 bridgehead atoms. The first-order chi connectivity index (χ1) is 18.9. The van der Waals surface area contributed by atoms with E-state index >= 15 is 0 Å². The predicted molar refractivity (Wildman–Crippen MR) is 144 cm³/mol. The number of ether oxygens (including phenoxy) is 1. The summed E-state index contributed by atoms with van der Waals surface area (Å²) in [5.74, 6) is -2.76. The molecule has 1 unspecified atom stereocenters. The first-order valence-corrected chi connectivity index (χ1v) is 12.5. The number of methoxy groups -OCH3 is 1. The number of ketones is 1. The minimum absolute atomic E-state index is 0.0981. The number of amides is 1. The van der Waals surface area contributed by atoms with E-state index in [1.807, 2.05) is 24.3 Å². The Morgan fingerprint density at radius 1 is 1.18 bits per heavy atom. The van der Waals surface area contributed by atoms with Gasteiger partial charge in [-0.05, 0) is 42.5 Å². The molecule has 1 aliphatic carbocycles. The standard InChI is InChI=1S/C29H27N5O5/c1-3-15-33-20-8-5-4-7-18(20)16-19(28(33)37)23-24-21(9-6-10-22(24)35)34(26(30)25(23)29(38)39-2)32-27(36)17-11-13-31-14-12-17/h3-5,7-8,11-14,16,23H,1,6,9-10,15,30H2,2H3,(H,32,36). The van der Waals surface area contributed by atoms with Crippen molar-refractivity contribution in [3.8, 4) is 0 Å². The van der Waals surface area contributed by atoms with Crippen LogP contribution < -0.4 is 16.7 Å². The number of carbonyl (C=O) groups excluding carboxylic acids is 3. The first kappa shape index (κ1) is 25.7. The van der Waals surface area contributed by atoms with E-state index in [9.17, 15) is 19.2 Å². The zero-order chi connectivity index (χ0) is 27.7. The van der Waals surface area contributed by atoms with Gasteiger partial charge in [0, 0.05) is 47.8 Å². The summed E-state index contributed by atoms with van der Waals surface area (Å²) >= 11 is 0. The summed E-state index contributed by atoms with van der Waals surface area (Å²) in [5, 5.41) is 2.02. The number of hydrogen-bond acceptors (Lipinski definition) is 8. The van der Waals surface area contributed by atoms with E-state index in [1.165, 1.54) is 36.6 Å². The maximum absolute atomic E-state index is 13.9. The largest absolute Gasteiger partial charge is 0.466 e. The van der Waals surface area contributed by atoms with Crippen LogP contribution in [0.15, 0.2) is 95.0 Å². The molecule has 10 heteroatoms. The zero-order valence-electron chi connectivity index (χ0n) is 21.3. The van der Waals surface area contributed by atoms with Crippen LogP contribution in [0.4, 0.5) is 0 Å². The number of rotatable bonds is 6. The van der Waals surface area contributed by atoms with Crippen molar-refractivity contribution in [2.24, 2.45) is 5.73 Å². The third-order valence-electron chi connectivity index (χ3n) is 7.01. The smallest absolute Gasteiger partial charge is 0.338 e. The first-order valence-electron chi connectivity index (χ1n) is 12.5. The maximum Gasteiger partial charge on any atom is 0.338 e. The molecule has 3 heterocycles. The van der Waals surface area contributed by atoms with Gasteiger partial charge in [-0.15, -0.1) is 6.58 Å². The minimum atomic E-state index is -1.08. The molecular formula is C29H27N5O5. The summed E-state index contributed by atoms with van der Waals surface area (Å²) in [6.45, 7) is 4.00. The third-order valence-corrected chi connectivity index (χ3v) is 7.01. The number of hydrogen-bond donors (Lipinski definition) is 2. The zero-order valence-corrected chi connectivity index (χ0v) is 21.3. The highest BCUT2D eigenvalue weighted by molar-refractivity contribution is 6.04. The number of para-hydroxylation sites is 1. The molecule has 1 atom stereocenters. The molecule has 2 aliphatic rings. The Labute approximate surface area is 224 Å². The van der Waals surface area contributed by atoms with Crippen molar-refractivity contribution in [2.45, 2.75) is 31.7 Å². The summed E-state index contributed by atoms with van der Waals surface area (Å²) < 4.78 is 6.64. The van der Waals surface area contributed by atoms with Crippen molar-refractivity contribution >= 4 is 28.6 Å². The number of hydrazine groups is 1. The Bertz CT molecular complexity index is 1640. The van der Waals surface area contributed by atoms with Crippen LogP contribution in [0.1, 0.15) is 41.1 Å². The molecule has 5 rings (SSSR count). The van der Waals surface area contributed by atoms with Crippen LogP contribution in [-0.2, 0) is 20.9 Å². The van der Waals surface area contributed by atoms with Gasteiger partial charge in [0.1, 0.15) is 5.82 Å². The van der Waals surface area contributed by atoms with Crippen LogP contribution >= 0.6 is 0 Å². The predicted octanol–water partition coefficient (Wildman–Crippen LogP) is 2.68. The quantitative estimate of drug-likeness (QED) is 0.370. The van der Waals surface area contributed by atoms with Gasteiger partial charge < -0.3 is 15.0 Å². The van der Waals surface area contributed by atoms with E-state index in [2.05, 4.69) is 17.0 Å². The number of nitrogens with zero attached hydrogens (tertiary/aromatic N) is 3. The lowest BCUT2D eigenvalue weighted by atomic mass is 9.75. The fraction of sp³-hybridized carbons (Fsp3) is 0.207. The highest BCUT2D eigenvalue weighted by Gasteiger charge is 2.44. The summed E-state index contributed by atoms with van der Waals surface area (Å²) in [5.41, 5.74) is 10.7. The second-order valence-corrected chi connectivity index (χ2v) is 9.24. The van der Waals surface area contributed by atoms with E-state index < -0.39 is 17.8 Å². The maximum atomic E-state index is 13.9. The molecule has 198 valence electrons. The molecule has 1 aromatic carbocycles. The van der Waals surface area contributed by atoms with Gasteiger partial charge in [0.25, 0.3) is 11.5 Å². The van der Waals surface area contributed by atoms with Gasteiger partial charge in [-0.1, -0.05) is 24.3 Å². The van der Waals surface area contributed by atoms with Gasteiger partial charge in [0.15, 0.2) is 5.78 Å². The molecule has 0 spiro atoms. The SMILES string of the molecule is C=CCn1c(=O)c(C2C(C(=O)OC)=C(N)N(NC(=O)c3ccncc3)C3=C2C(=O)CCC3)cc2ccccc21.